The van der Waals surface area contributed by atoms with Crippen molar-refractivity contribution in [3.63, 3.8) is 0 Å². The van der Waals surface area contributed by atoms with Gasteiger partial charge >= 0.3 is 6.03 Å². The molecule has 2 heterocycles. The van der Waals surface area contributed by atoms with Gasteiger partial charge in [-0.3, -0.25) is 4.79 Å². The highest BCUT2D eigenvalue weighted by Crippen LogP contribution is 2.31. The molecule has 7 heteroatoms. The number of para-hydroxylation sites is 1. The van der Waals surface area contributed by atoms with Gasteiger partial charge in [-0.1, -0.05) is 12.1 Å². The molecule has 0 spiro atoms. The molecule has 3 amide bonds. The van der Waals surface area contributed by atoms with Gasteiger partial charge < -0.3 is 25.1 Å². The number of hydrogen-bond donors (Lipinski definition) is 2. The number of amides is 3. The van der Waals surface area contributed by atoms with E-state index in [1.54, 1.807) is 4.90 Å². The van der Waals surface area contributed by atoms with Crippen LogP contribution < -0.4 is 15.8 Å². The van der Waals surface area contributed by atoms with Crippen LogP contribution in [-0.2, 0) is 4.79 Å². The first-order valence-corrected chi connectivity index (χ1v) is 8.49. The van der Waals surface area contributed by atoms with Crippen LogP contribution in [0.5, 0.6) is 5.75 Å². The van der Waals surface area contributed by atoms with Crippen molar-refractivity contribution in [3.8, 4) is 5.75 Å². The molecule has 3 rings (SSSR count). The number of carbonyl (C=O) groups is 2. The first kappa shape index (κ1) is 17.1. The van der Waals surface area contributed by atoms with Gasteiger partial charge in [0.1, 0.15) is 5.76 Å². The lowest BCUT2D eigenvalue weighted by Crippen LogP contribution is -2.40. The smallest absolute Gasteiger partial charge is 0.318 e. The average Bonchev–Trinajstić information content (AvgIpc) is 3.23. The summed E-state index contributed by atoms with van der Waals surface area (Å²) in [6.07, 6.45) is 0.611. The standard InChI is InChI=1S/C18H23N3O4/c1-3-24-14-6-4-5-12-9-15(25-16(12)14)11(2)20-18(23)21-8-7-13(10-21)17(19)22/h4-6,9,11,13H,3,7-8,10H2,1-2H3,(H2,19,22)(H,20,23)/t11-,13+/m0/s1. The molecule has 1 fully saturated rings. The van der Waals surface area contributed by atoms with Crippen LogP contribution in [0.25, 0.3) is 11.0 Å². The summed E-state index contributed by atoms with van der Waals surface area (Å²) in [7, 11) is 0. The highest BCUT2D eigenvalue weighted by Gasteiger charge is 2.30. The van der Waals surface area contributed by atoms with Crippen LogP contribution in [0.15, 0.2) is 28.7 Å². The Morgan fingerprint density at radius 2 is 2.28 bits per heavy atom. The van der Waals surface area contributed by atoms with Crippen molar-refractivity contribution in [1.29, 1.82) is 0 Å². The number of nitrogens with one attached hydrogen (secondary N) is 1. The fourth-order valence-electron chi connectivity index (χ4n) is 3.06. The largest absolute Gasteiger partial charge is 0.490 e. The van der Waals surface area contributed by atoms with E-state index in [1.807, 2.05) is 38.1 Å². The Hall–Kier alpha value is -2.70. The van der Waals surface area contributed by atoms with Crippen molar-refractivity contribution in [2.45, 2.75) is 26.3 Å². The Kier molecular flexibility index (Phi) is 4.83. The van der Waals surface area contributed by atoms with E-state index in [9.17, 15) is 9.59 Å². The van der Waals surface area contributed by atoms with E-state index in [0.717, 1.165) is 5.39 Å². The van der Waals surface area contributed by atoms with E-state index in [0.29, 0.717) is 43.2 Å². The third kappa shape index (κ3) is 3.55. The minimum atomic E-state index is -0.357. The number of urea groups is 1. The Morgan fingerprint density at radius 1 is 1.48 bits per heavy atom. The minimum absolute atomic E-state index is 0.221. The molecule has 0 radical (unpaired) electrons. The molecule has 1 saturated heterocycles. The molecule has 0 bridgehead atoms. The third-order valence-electron chi connectivity index (χ3n) is 4.47. The van der Waals surface area contributed by atoms with Crippen LogP contribution in [0, 0.1) is 5.92 Å². The van der Waals surface area contributed by atoms with Crippen molar-refractivity contribution in [2.24, 2.45) is 11.7 Å². The van der Waals surface area contributed by atoms with Crippen molar-refractivity contribution < 1.29 is 18.7 Å². The lowest BCUT2D eigenvalue weighted by molar-refractivity contribution is -0.121. The molecule has 1 aliphatic heterocycles. The number of fused-ring (bicyclic) bond motifs is 1. The Morgan fingerprint density at radius 3 is 2.96 bits per heavy atom. The number of furan rings is 1. The number of primary amides is 1. The fraction of sp³-hybridized carbons (Fsp3) is 0.444. The molecule has 2 aromatic rings. The maximum absolute atomic E-state index is 12.4. The number of nitrogens with zero attached hydrogens (tertiary/aromatic N) is 1. The normalized spacial score (nSPS) is 18.3. The number of hydrogen-bond acceptors (Lipinski definition) is 4. The topological polar surface area (TPSA) is 97.8 Å². The van der Waals surface area contributed by atoms with Gasteiger partial charge in [-0.25, -0.2) is 4.79 Å². The van der Waals surface area contributed by atoms with Crippen molar-refractivity contribution in [1.82, 2.24) is 10.2 Å². The second-order valence-corrected chi connectivity index (χ2v) is 6.26. The molecular formula is C18H23N3O4. The molecular weight excluding hydrogens is 322 g/mol. The van der Waals surface area contributed by atoms with Gasteiger partial charge in [0.25, 0.3) is 0 Å². The minimum Gasteiger partial charge on any atom is -0.490 e. The number of rotatable bonds is 5. The Bertz CT molecular complexity index is 786. The van der Waals surface area contributed by atoms with Gasteiger partial charge in [-0.05, 0) is 32.4 Å². The molecule has 0 aliphatic carbocycles. The van der Waals surface area contributed by atoms with Crippen LogP contribution in [-0.4, -0.2) is 36.5 Å². The number of nitrogens with two attached hydrogens (primary N) is 1. The van der Waals surface area contributed by atoms with Crippen LogP contribution >= 0.6 is 0 Å². The monoisotopic (exact) mass is 345 g/mol. The number of carbonyl (C=O) groups excluding carboxylic acids is 2. The lowest BCUT2D eigenvalue weighted by Gasteiger charge is -2.19. The molecule has 25 heavy (non-hydrogen) atoms. The zero-order valence-electron chi connectivity index (χ0n) is 14.5. The second kappa shape index (κ2) is 7.04. The van der Waals surface area contributed by atoms with E-state index in [2.05, 4.69) is 5.32 Å². The second-order valence-electron chi connectivity index (χ2n) is 6.26. The lowest BCUT2D eigenvalue weighted by atomic mass is 10.1. The van der Waals surface area contributed by atoms with Gasteiger partial charge in [0.05, 0.1) is 18.6 Å². The summed E-state index contributed by atoms with van der Waals surface area (Å²) in [5.41, 5.74) is 5.99. The maximum atomic E-state index is 12.4. The van der Waals surface area contributed by atoms with E-state index in [-0.39, 0.29) is 23.9 Å². The van der Waals surface area contributed by atoms with Crippen molar-refractivity contribution >= 4 is 22.9 Å². The third-order valence-corrected chi connectivity index (χ3v) is 4.47. The van der Waals surface area contributed by atoms with Gasteiger partial charge in [0.15, 0.2) is 11.3 Å². The summed E-state index contributed by atoms with van der Waals surface area (Å²) >= 11 is 0. The molecule has 1 aliphatic rings. The first-order chi connectivity index (χ1) is 12.0. The van der Waals surface area contributed by atoms with E-state index in [1.165, 1.54) is 0 Å². The summed E-state index contributed by atoms with van der Waals surface area (Å²) < 4.78 is 11.5. The van der Waals surface area contributed by atoms with Crippen LogP contribution in [0.1, 0.15) is 32.1 Å². The van der Waals surface area contributed by atoms with Gasteiger partial charge in [-0.2, -0.15) is 0 Å². The zero-order chi connectivity index (χ0) is 18.0. The zero-order valence-corrected chi connectivity index (χ0v) is 14.5. The predicted molar refractivity (Wildman–Crippen MR) is 93.2 cm³/mol. The summed E-state index contributed by atoms with van der Waals surface area (Å²) in [4.78, 5) is 25.2. The average molecular weight is 345 g/mol. The molecule has 7 nitrogen and oxygen atoms in total. The Labute approximate surface area is 146 Å². The van der Waals surface area contributed by atoms with Gasteiger partial charge in [0, 0.05) is 18.5 Å². The number of likely N-dealkylation sites (tertiary alicyclic amines) is 1. The molecule has 1 aromatic carbocycles. The predicted octanol–water partition coefficient (Wildman–Crippen LogP) is 2.41. The molecule has 0 saturated carbocycles. The van der Waals surface area contributed by atoms with Crippen LogP contribution in [0.2, 0.25) is 0 Å². The summed E-state index contributed by atoms with van der Waals surface area (Å²) in [5.74, 6) is 0.722. The molecule has 2 atom stereocenters. The van der Waals surface area contributed by atoms with Crippen LogP contribution in [0.4, 0.5) is 4.79 Å². The summed E-state index contributed by atoms with van der Waals surface area (Å²) in [6, 6.07) is 7.08. The molecule has 134 valence electrons. The number of ether oxygens (including phenoxy) is 1. The summed E-state index contributed by atoms with van der Waals surface area (Å²) in [6.45, 7) is 5.22. The molecule has 1 aromatic heterocycles. The molecule has 0 unspecified atom stereocenters. The Balaban J connectivity index is 1.70. The highest BCUT2D eigenvalue weighted by molar-refractivity contribution is 5.84. The summed E-state index contributed by atoms with van der Waals surface area (Å²) in [5, 5.41) is 3.84. The molecule has 3 N–H and O–H groups in total. The van der Waals surface area contributed by atoms with E-state index < -0.39 is 0 Å². The van der Waals surface area contributed by atoms with Gasteiger partial charge in [-0.15, -0.1) is 0 Å². The van der Waals surface area contributed by atoms with Crippen molar-refractivity contribution in [2.75, 3.05) is 19.7 Å². The first-order valence-electron chi connectivity index (χ1n) is 8.49. The van der Waals surface area contributed by atoms with E-state index >= 15 is 0 Å². The number of benzene rings is 1. The quantitative estimate of drug-likeness (QED) is 0.869. The fourth-order valence-corrected chi connectivity index (χ4v) is 3.06. The SMILES string of the molecule is CCOc1cccc2cc([C@H](C)NC(=O)N3CC[C@@H](C(N)=O)C3)oc12. The van der Waals surface area contributed by atoms with Gasteiger partial charge in [0.2, 0.25) is 5.91 Å². The van der Waals surface area contributed by atoms with Crippen molar-refractivity contribution in [3.05, 3.63) is 30.0 Å². The highest BCUT2D eigenvalue weighted by atomic mass is 16.5. The maximum Gasteiger partial charge on any atom is 0.318 e. The van der Waals surface area contributed by atoms with Crippen LogP contribution in [0.3, 0.4) is 0 Å². The van der Waals surface area contributed by atoms with E-state index in [4.69, 9.17) is 14.9 Å².